The monoisotopic (exact) mass is 273 g/mol. The third-order valence-electron chi connectivity index (χ3n) is 2.30. The first-order valence-corrected chi connectivity index (χ1v) is 5.67. The molecule has 1 N–H and O–H groups in total. The fraction of sp³-hybridized carbons (Fsp3) is 0.182. The van der Waals surface area contributed by atoms with Crippen LogP contribution in [0.2, 0.25) is 10.0 Å². The third kappa shape index (κ3) is 2.23. The molecule has 1 heterocycles. The SMILES string of the molecule is CNc1nc(C)cn1-c1cc(Cl)c(F)c(Cl)c1. The number of hydrogen-bond acceptors (Lipinski definition) is 2. The standard InChI is InChI=1S/C11H10Cl2FN3/c1-6-5-17(11(15-2)16-6)7-3-8(12)10(14)9(13)4-7/h3-5H,1-2H3,(H,15,16). The van der Waals surface area contributed by atoms with Gasteiger partial charge in [0.05, 0.1) is 21.4 Å². The lowest BCUT2D eigenvalue weighted by atomic mass is 10.3. The van der Waals surface area contributed by atoms with E-state index in [4.69, 9.17) is 23.2 Å². The minimum atomic E-state index is -0.611. The molecular weight excluding hydrogens is 264 g/mol. The molecule has 0 aliphatic heterocycles. The zero-order valence-electron chi connectivity index (χ0n) is 9.26. The van der Waals surface area contributed by atoms with Gasteiger partial charge < -0.3 is 5.32 Å². The second kappa shape index (κ2) is 4.55. The Bertz CT molecular complexity index is 543. The molecule has 90 valence electrons. The molecule has 0 radical (unpaired) electrons. The molecular formula is C11H10Cl2FN3. The van der Waals surface area contributed by atoms with Gasteiger partial charge in [-0.2, -0.15) is 0 Å². The molecule has 0 fully saturated rings. The average molecular weight is 274 g/mol. The summed E-state index contributed by atoms with van der Waals surface area (Å²) in [6.45, 7) is 1.87. The van der Waals surface area contributed by atoms with Crippen LogP contribution in [0.25, 0.3) is 5.69 Å². The summed E-state index contributed by atoms with van der Waals surface area (Å²) in [4.78, 5) is 4.26. The van der Waals surface area contributed by atoms with E-state index >= 15 is 0 Å². The van der Waals surface area contributed by atoms with Crippen molar-refractivity contribution in [3.05, 3.63) is 39.9 Å². The van der Waals surface area contributed by atoms with E-state index in [0.29, 0.717) is 11.6 Å². The van der Waals surface area contributed by atoms with E-state index in [0.717, 1.165) is 5.69 Å². The summed E-state index contributed by atoms with van der Waals surface area (Å²) in [6.07, 6.45) is 1.81. The van der Waals surface area contributed by atoms with E-state index in [9.17, 15) is 4.39 Å². The molecule has 1 aromatic heterocycles. The van der Waals surface area contributed by atoms with E-state index in [1.807, 2.05) is 13.1 Å². The van der Waals surface area contributed by atoms with E-state index in [-0.39, 0.29) is 10.0 Å². The number of imidazole rings is 1. The Morgan fingerprint density at radius 1 is 1.29 bits per heavy atom. The van der Waals surface area contributed by atoms with Crippen LogP contribution < -0.4 is 5.32 Å². The molecule has 0 bridgehead atoms. The van der Waals surface area contributed by atoms with Crippen molar-refractivity contribution >= 4 is 29.2 Å². The highest BCUT2D eigenvalue weighted by atomic mass is 35.5. The largest absolute Gasteiger partial charge is 0.358 e. The van der Waals surface area contributed by atoms with E-state index < -0.39 is 5.82 Å². The minimum absolute atomic E-state index is 0.0130. The van der Waals surface area contributed by atoms with Crippen LogP contribution in [0.15, 0.2) is 18.3 Å². The number of benzene rings is 1. The first kappa shape index (κ1) is 12.2. The Balaban J connectivity index is 2.60. The second-order valence-electron chi connectivity index (χ2n) is 3.55. The van der Waals surface area contributed by atoms with Crippen LogP contribution in [0.1, 0.15) is 5.69 Å². The van der Waals surface area contributed by atoms with E-state index in [1.165, 1.54) is 12.1 Å². The number of aryl methyl sites for hydroxylation is 1. The number of rotatable bonds is 2. The number of nitrogens with zero attached hydrogens (tertiary/aromatic N) is 2. The summed E-state index contributed by atoms with van der Waals surface area (Å²) in [5.74, 6) is 0.0289. The first-order valence-electron chi connectivity index (χ1n) is 4.91. The molecule has 17 heavy (non-hydrogen) atoms. The maximum Gasteiger partial charge on any atom is 0.207 e. The quantitative estimate of drug-likeness (QED) is 0.847. The topological polar surface area (TPSA) is 29.9 Å². The van der Waals surface area contributed by atoms with Gasteiger partial charge in [-0.15, -0.1) is 0 Å². The molecule has 0 spiro atoms. The maximum atomic E-state index is 13.3. The van der Waals surface area contributed by atoms with Gasteiger partial charge in [0.1, 0.15) is 0 Å². The van der Waals surface area contributed by atoms with Gasteiger partial charge in [-0.3, -0.25) is 4.57 Å². The van der Waals surface area contributed by atoms with Crippen LogP contribution in [-0.4, -0.2) is 16.6 Å². The summed E-state index contributed by atoms with van der Waals surface area (Å²) >= 11 is 11.5. The number of nitrogens with one attached hydrogen (secondary N) is 1. The number of anilines is 1. The summed E-state index contributed by atoms with van der Waals surface area (Å²) < 4.78 is 15.1. The first-order chi connectivity index (χ1) is 8.02. The lowest BCUT2D eigenvalue weighted by Gasteiger charge is -2.08. The molecule has 2 rings (SSSR count). The third-order valence-corrected chi connectivity index (χ3v) is 2.85. The van der Waals surface area contributed by atoms with Crippen LogP contribution in [0.4, 0.5) is 10.3 Å². The molecule has 0 aliphatic rings. The Morgan fingerprint density at radius 2 is 1.88 bits per heavy atom. The zero-order chi connectivity index (χ0) is 12.6. The van der Waals surface area contributed by atoms with Crippen LogP contribution in [0.3, 0.4) is 0 Å². The minimum Gasteiger partial charge on any atom is -0.358 e. The van der Waals surface area contributed by atoms with Gasteiger partial charge in [-0.05, 0) is 19.1 Å². The Morgan fingerprint density at radius 3 is 2.41 bits per heavy atom. The van der Waals surface area contributed by atoms with Crippen LogP contribution >= 0.6 is 23.2 Å². The second-order valence-corrected chi connectivity index (χ2v) is 4.36. The summed E-state index contributed by atoms with van der Waals surface area (Å²) in [5.41, 5.74) is 1.50. The van der Waals surface area contributed by atoms with Crippen molar-refractivity contribution in [3.8, 4) is 5.69 Å². The van der Waals surface area contributed by atoms with E-state index in [1.54, 1.807) is 11.6 Å². The fourth-order valence-corrected chi connectivity index (χ4v) is 2.03. The number of aromatic nitrogens is 2. The van der Waals surface area contributed by atoms with Crippen molar-refractivity contribution in [2.45, 2.75) is 6.92 Å². The molecule has 0 saturated heterocycles. The Hall–Kier alpha value is -1.26. The molecule has 0 aliphatic carbocycles. The number of halogens is 3. The van der Waals surface area contributed by atoms with Gasteiger partial charge in [0.25, 0.3) is 0 Å². The van der Waals surface area contributed by atoms with Crippen molar-refractivity contribution in [1.29, 1.82) is 0 Å². The van der Waals surface area contributed by atoms with Crippen molar-refractivity contribution in [2.24, 2.45) is 0 Å². The van der Waals surface area contributed by atoms with Gasteiger partial charge >= 0.3 is 0 Å². The molecule has 3 nitrogen and oxygen atoms in total. The molecule has 1 aromatic carbocycles. The molecule has 0 saturated carbocycles. The average Bonchev–Trinajstić information content (AvgIpc) is 2.66. The lowest BCUT2D eigenvalue weighted by Crippen LogP contribution is -2.01. The van der Waals surface area contributed by atoms with Gasteiger partial charge in [-0.25, -0.2) is 9.37 Å². The molecule has 0 amide bonds. The normalized spacial score (nSPS) is 10.6. The predicted molar refractivity (Wildman–Crippen MR) is 67.8 cm³/mol. The van der Waals surface area contributed by atoms with Crippen LogP contribution in [0, 0.1) is 12.7 Å². The smallest absolute Gasteiger partial charge is 0.207 e. The highest BCUT2D eigenvalue weighted by Gasteiger charge is 2.11. The zero-order valence-corrected chi connectivity index (χ0v) is 10.8. The predicted octanol–water partition coefficient (Wildman–Crippen LogP) is 3.67. The maximum absolute atomic E-state index is 13.3. The molecule has 0 atom stereocenters. The highest BCUT2D eigenvalue weighted by molar-refractivity contribution is 6.35. The lowest BCUT2D eigenvalue weighted by molar-refractivity contribution is 0.628. The Labute approximate surface area is 108 Å². The van der Waals surface area contributed by atoms with Gasteiger partial charge in [0.15, 0.2) is 5.82 Å². The summed E-state index contributed by atoms with van der Waals surface area (Å²) in [7, 11) is 1.75. The van der Waals surface area contributed by atoms with Gasteiger partial charge in [0.2, 0.25) is 5.95 Å². The van der Waals surface area contributed by atoms with Crippen LogP contribution in [-0.2, 0) is 0 Å². The highest BCUT2D eigenvalue weighted by Crippen LogP contribution is 2.28. The van der Waals surface area contributed by atoms with Crippen LogP contribution in [0.5, 0.6) is 0 Å². The summed E-state index contributed by atoms with van der Waals surface area (Å²) in [5, 5.41) is 2.91. The van der Waals surface area contributed by atoms with Gasteiger partial charge in [-0.1, -0.05) is 23.2 Å². The van der Waals surface area contributed by atoms with Gasteiger partial charge in [0, 0.05) is 13.2 Å². The fourth-order valence-electron chi connectivity index (χ4n) is 1.55. The summed E-state index contributed by atoms with van der Waals surface area (Å²) in [6, 6.07) is 3.01. The van der Waals surface area contributed by atoms with Crippen molar-refractivity contribution in [1.82, 2.24) is 9.55 Å². The molecule has 2 aromatic rings. The number of hydrogen-bond donors (Lipinski definition) is 1. The molecule has 6 heteroatoms. The van der Waals surface area contributed by atoms with Crippen molar-refractivity contribution in [2.75, 3.05) is 12.4 Å². The van der Waals surface area contributed by atoms with Crippen molar-refractivity contribution < 1.29 is 4.39 Å². The Kier molecular flexibility index (Phi) is 3.26. The molecule has 0 unspecified atom stereocenters. The van der Waals surface area contributed by atoms with Crippen molar-refractivity contribution in [3.63, 3.8) is 0 Å². The van der Waals surface area contributed by atoms with E-state index in [2.05, 4.69) is 10.3 Å².